The number of aromatic amines is 1. The van der Waals surface area contributed by atoms with Crippen LogP contribution in [0.3, 0.4) is 0 Å². The Labute approximate surface area is 228 Å². The first-order valence-corrected chi connectivity index (χ1v) is 13.7. The molecule has 2 aliphatic heterocycles. The Hall–Kier alpha value is -3.84. The summed E-state index contributed by atoms with van der Waals surface area (Å²) in [6.07, 6.45) is 3.90. The van der Waals surface area contributed by atoms with E-state index in [2.05, 4.69) is 42.1 Å². The van der Waals surface area contributed by atoms with Gasteiger partial charge in [-0.15, -0.1) is 0 Å². The Morgan fingerprint density at radius 1 is 1.00 bits per heavy atom. The summed E-state index contributed by atoms with van der Waals surface area (Å²) >= 11 is 0. The van der Waals surface area contributed by atoms with Crippen LogP contribution in [0, 0.1) is 12.7 Å². The average Bonchev–Trinajstić information content (AvgIpc) is 3.31. The van der Waals surface area contributed by atoms with Crippen LogP contribution in [0.4, 0.5) is 9.18 Å². The standard InChI is InChI=1S/C32H34FN3O3/c1-21-6-15-29-28(19-21)27-16-18-36(32(37)39-26-13-9-23(33)10-14-26)31(30(27)34-29)22-7-11-25(12-8-22)38-20-24-5-3-4-17-35(24)2/h6-15,19,24,31,34H,3-5,16-18,20H2,1-2H3. The third kappa shape index (κ3) is 5.23. The fourth-order valence-electron chi connectivity index (χ4n) is 5.90. The largest absolute Gasteiger partial charge is 0.492 e. The number of halogens is 1. The van der Waals surface area contributed by atoms with E-state index in [1.165, 1.54) is 53.6 Å². The van der Waals surface area contributed by atoms with Crippen LogP contribution in [0.1, 0.15) is 47.7 Å². The molecule has 1 fully saturated rings. The molecule has 39 heavy (non-hydrogen) atoms. The van der Waals surface area contributed by atoms with Crippen molar-refractivity contribution in [3.63, 3.8) is 0 Å². The zero-order valence-corrected chi connectivity index (χ0v) is 22.5. The van der Waals surface area contributed by atoms with E-state index in [9.17, 15) is 9.18 Å². The highest BCUT2D eigenvalue weighted by Crippen LogP contribution is 2.39. The lowest BCUT2D eigenvalue weighted by molar-refractivity contribution is 0.125. The maximum Gasteiger partial charge on any atom is 0.416 e. The molecule has 6 rings (SSSR count). The van der Waals surface area contributed by atoms with E-state index in [0.29, 0.717) is 31.4 Å². The molecule has 0 spiro atoms. The minimum Gasteiger partial charge on any atom is -0.492 e. The fraction of sp³-hybridized carbons (Fsp3) is 0.344. The number of hydrogen-bond donors (Lipinski definition) is 1. The van der Waals surface area contributed by atoms with E-state index in [0.717, 1.165) is 35.5 Å². The van der Waals surface area contributed by atoms with Gasteiger partial charge < -0.3 is 19.4 Å². The van der Waals surface area contributed by atoms with Crippen LogP contribution in [0.5, 0.6) is 11.5 Å². The van der Waals surface area contributed by atoms with Crippen molar-refractivity contribution in [2.45, 2.75) is 44.7 Å². The first-order chi connectivity index (χ1) is 19.0. The number of amides is 1. The Balaban J connectivity index is 1.29. The van der Waals surface area contributed by atoms with Crippen molar-refractivity contribution in [2.75, 3.05) is 26.7 Å². The van der Waals surface area contributed by atoms with Gasteiger partial charge >= 0.3 is 6.09 Å². The number of aryl methyl sites for hydroxylation is 1. The van der Waals surface area contributed by atoms with Gasteiger partial charge in [0.1, 0.15) is 30.0 Å². The molecular formula is C32H34FN3O3. The number of piperidine rings is 1. The van der Waals surface area contributed by atoms with Crippen molar-refractivity contribution in [2.24, 2.45) is 0 Å². The first kappa shape index (κ1) is 25.4. The van der Waals surface area contributed by atoms with Crippen molar-refractivity contribution in [1.29, 1.82) is 0 Å². The minimum atomic E-state index is -0.465. The number of ether oxygens (including phenoxy) is 2. The van der Waals surface area contributed by atoms with E-state index < -0.39 is 6.09 Å². The van der Waals surface area contributed by atoms with Crippen LogP contribution in [0.2, 0.25) is 0 Å². The van der Waals surface area contributed by atoms with Gasteiger partial charge in [-0.3, -0.25) is 4.90 Å². The van der Waals surface area contributed by atoms with Gasteiger partial charge in [-0.05, 0) is 99.4 Å². The van der Waals surface area contributed by atoms with Gasteiger partial charge in [-0.1, -0.05) is 30.2 Å². The van der Waals surface area contributed by atoms with Gasteiger partial charge in [-0.2, -0.15) is 0 Å². The first-order valence-electron chi connectivity index (χ1n) is 13.7. The summed E-state index contributed by atoms with van der Waals surface area (Å²) in [5.74, 6) is 0.761. The number of nitrogens with one attached hydrogen (secondary N) is 1. The molecule has 0 saturated carbocycles. The molecule has 3 aromatic carbocycles. The second-order valence-electron chi connectivity index (χ2n) is 10.7. The molecular weight excluding hydrogens is 493 g/mol. The number of rotatable bonds is 5. The number of fused-ring (bicyclic) bond motifs is 3. The molecule has 6 nitrogen and oxygen atoms in total. The van der Waals surface area contributed by atoms with Gasteiger partial charge in [0.05, 0.1) is 0 Å². The molecule has 202 valence electrons. The smallest absolute Gasteiger partial charge is 0.416 e. The summed E-state index contributed by atoms with van der Waals surface area (Å²) < 4.78 is 25.3. The predicted octanol–water partition coefficient (Wildman–Crippen LogP) is 6.63. The zero-order valence-electron chi connectivity index (χ0n) is 22.5. The minimum absolute atomic E-state index is 0.314. The molecule has 4 aromatic rings. The van der Waals surface area contributed by atoms with E-state index in [1.807, 2.05) is 24.3 Å². The Morgan fingerprint density at radius 3 is 2.54 bits per heavy atom. The van der Waals surface area contributed by atoms with Gasteiger partial charge in [0.15, 0.2) is 0 Å². The molecule has 3 heterocycles. The van der Waals surface area contributed by atoms with E-state index in [4.69, 9.17) is 9.47 Å². The van der Waals surface area contributed by atoms with E-state index in [-0.39, 0.29) is 11.9 Å². The highest BCUT2D eigenvalue weighted by atomic mass is 19.1. The Kier molecular flexibility index (Phi) is 7.00. The molecule has 0 aliphatic carbocycles. The quantitative estimate of drug-likeness (QED) is 0.317. The van der Waals surface area contributed by atoms with Gasteiger partial charge in [-0.25, -0.2) is 9.18 Å². The summed E-state index contributed by atoms with van der Waals surface area (Å²) in [6, 6.07) is 20.0. The molecule has 7 heteroatoms. The predicted molar refractivity (Wildman–Crippen MR) is 150 cm³/mol. The van der Waals surface area contributed by atoms with Crippen LogP contribution < -0.4 is 9.47 Å². The molecule has 1 N–H and O–H groups in total. The average molecular weight is 528 g/mol. The Bertz CT molecular complexity index is 1460. The van der Waals surface area contributed by atoms with Crippen LogP contribution in [-0.4, -0.2) is 53.7 Å². The maximum absolute atomic E-state index is 13.5. The van der Waals surface area contributed by atoms with Crippen molar-refractivity contribution in [1.82, 2.24) is 14.8 Å². The molecule has 1 saturated heterocycles. The SMILES string of the molecule is Cc1ccc2[nH]c3c(c2c1)CCN(C(=O)Oc1ccc(F)cc1)C3c1ccc(OCC2CCCCN2C)cc1. The number of H-pyrrole nitrogens is 1. The number of aromatic nitrogens is 1. The summed E-state index contributed by atoms with van der Waals surface area (Å²) in [5, 5.41) is 1.19. The summed E-state index contributed by atoms with van der Waals surface area (Å²) in [4.78, 5) is 21.2. The van der Waals surface area contributed by atoms with E-state index in [1.54, 1.807) is 4.90 Å². The second kappa shape index (κ2) is 10.7. The fourth-order valence-corrected chi connectivity index (χ4v) is 5.90. The summed E-state index contributed by atoms with van der Waals surface area (Å²) in [5.41, 5.74) is 5.45. The molecule has 2 atom stereocenters. The number of likely N-dealkylation sites (N-methyl/N-ethyl adjacent to an activating group) is 1. The monoisotopic (exact) mass is 527 g/mol. The van der Waals surface area contributed by atoms with Crippen molar-refractivity contribution < 1.29 is 18.7 Å². The molecule has 0 radical (unpaired) electrons. The van der Waals surface area contributed by atoms with E-state index >= 15 is 0 Å². The van der Waals surface area contributed by atoms with Gasteiger partial charge in [0.25, 0.3) is 0 Å². The summed E-state index contributed by atoms with van der Waals surface area (Å²) in [7, 11) is 2.17. The van der Waals surface area contributed by atoms with Crippen LogP contribution in [-0.2, 0) is 6.42 Å². The zero-order chi connectivity index (χ0) is 26.9. The molecule has 1 amide bonds. The number of likely N-dealkylation sites (tertiary alicyclic amines) is 1. The lowest BCUT2D eigenvalue weighted by atomic mass is 9.92. The van der Waals surface area contributed by atoms with Crippen molar-refractivity contribution in [3.05, 3.63) is 94.9 Å². The van der Waals surface area contributed by atoms with Crippen molar-refractivity contribution >= 4 is 17.0 Å². The van der Waals surface area contributed by atoms with Crippen LogP contribution in [0.25, 0.3) is 10.9 Å². The van der Waals surface area contributed by atoms with Gasteiger partial charge in [0, 0.05) is 29.2 Å². The number of benzene rings is 3. The second-order valence-corrected chi connectivity index (χ2v) is 10.7. The maximum atomic E-state index is 13.5. The number of nitrogens with zero attached hydrogens (tertiary/aromatic N) is 2. The van der Waals surface area contributed by atoms with Crippen LogP contribution >= 0.6 is 0 Å². The molecule has 2 unspecified atom stereocenters. The third-order valence-electron chi connectivity index (χ3n) is 8.10. The third-order valence-corrected chi connectivity index (χ3v) is 8.10. The number of hydrogen-bond acceptors (Lipinski definition) is 4. The molecule has 1 aromatic heterocycles. The van der Waals surface area contributed by atoms with Gasteiger partial charge in [0.2, 0.25) is 0 Å². The van der Waals surface area contributed by atoms with Crippen LogP contribution in [0.15, 0.2) is 66.7 Å². The lowest BCUT2D eigenvalue weighted by Crippen LogP contribution is -2.42. The lowest BCUT2D eigenvalue weighted by Gasteiger charge is -2.35. The highest BCUT2D eigenvalue weighted by molar-refractivity contribution is 5.87. The number of carbonyl (C=O) groups excluding carboxylic acids is 1. The highest BCUT2D eigenvalue weighted by Gasteiger charge is 2.36. The summed E-state index contributed by atoms with van der Waals surface area (Å²) in [6.45, 7) is 4.38. The normalized spacial score (nSPS) is 19.6. The van der Waals surface area contributed by atoms with Crippen molar-refractivity contribution in [3.8, 4) is 11.5 Å². The topological polar surface area (TPSA) is 57.8 Å². The molecule has 0 bridgehead atoms. The number of carbonyl (C=O) groups is 1. The molecule has 2 aliphatic rings. The Morgan fingerprint density at radius 2 is 1.77 bits per heavy atom.